The summed E-state index contributed by atoms with van der Waals surface area (Å²) in [4.78, 5) is 0. The average Bonchev–Trinajstić information content (AvgIpc) is 2.29. The minimum Gasteiger partial charge on any atom is -0.371 e. The van der Waals surface area contributed by atoms with Crippen molar-refractivity contribution in [3.8, 4) is 12.3 Å². The molecule has 1 unspecified atom stereocenters. The molecule has 1 N–H and O–H groups in total. The summed E-state index contributed by atoms with van der Waals surface area (Å²) in [7, 11) is 0. The van der Waals surface area contributed by atoms with Crippen LogP contribution in [0.15, 0.2) is 42.5 Å². The van der Waals surface area contributed by atoms with Gasteiger partial charge in [-0.2, -0.15) is 0 Å². The number of hydrogen-bond donors (Lipinski definition) is 1. The molecule has 0 fully saturated rings. The molecule has 2 aromatic carbocycles. The fourth-order valence-electron chi connectivity index (χ4n) is 1.63. The van der Waals surface area contributed by atoms with Crippen LogP contribution < -0.4 is 5.32 Å². The van der Waals surface area contributed by atoms with Gasteiger partial charge < -0.3 is 5.32 Å². The maximum Gasteiger partial charge on any atom is 0.0846 e. The van der Waals surface area contributed by atoms with Gasteiger partial charge in [-0.25, -0.2) is 0 Å². The summed E-state index contributed by atoms with van der Waals surface area (Å²) in [5.41, 5.74) is 1.10. The summed E-state index contributed by atoms with van der Waals surface area (Å²) in [6.45, 7) is 1.97. The van der Waals surface area contributed by atoms with Crippen LogP contribution in [0.3, 0.4) is 0 Å². The van der Waals surface area contributed by atoms with Crippen molar-refractivity contribution < 1.29 is 0 Å². The van der Waals surface area contributed by atoms with Gasteiger partial charge in [0.25, 0.3) is 0 Å². The zero-order valence-electron chi connectivity index (χ0n) is 8.70. The lowest BCUT2D eigenvalue weighted by Crippen LogP contribution is -2.11. The van der Waals surface area contributed by atoms with Gasteiger partial charge in [-0.1, -0.05) is 42.3 Å². The van der Waals surface area contributed by atoms with Crippen LogP contribution in [0.4, 0.5) is 5.69 Å². The second-order valence-corrected chi connectivity index (χ2v) is 3.56. The smallest absolute Gasteiger partial charge is 0.0846 e. The van der Waals surface area contributed by atoms with Gasteiger partial charge in [-0.3, -0.25) is 0 Å². The Morgan fingerprint density at radius 2 is 1.87 bits per heavy atom. The van der Waals surface area contributed by atoms with E-state index in [2.05, 4.69) is 35.5 Å². The molecule has 0 aliphatic heterocycles. The number of terminal acetylenes is 1. The van der Waals surface area contributed by atoms with Crippen molar-refractivity contribution in [3.63, 3.8) is 0 Å². The molecule has 2 rings (SSSR count). The molecule has 0 aromatic heterocycles. The summed E-state index contributed by atoms with van der Waals surface area (Å²) >= 11 is 0. The monoisotopic (exact) mass is 195 g/mol. The van der Waals surface area contributed by atoms with Crippen molar-refractivity contribution in [2.75, 3.05) is 5.32 Å². The predicted molar refractivity (Wildman–Crippen MR) is 65.9 cm³/mol. The highest BCUT2D eigenvalue weighted by Gasteiger charge is 2.01. The summed E-state index contributed by atoms with van der Waals surface area (Å²) in [5.74, 6) is 2.67. The van der Waals surface area contributed by atoms with E-state index in [1.54, 1.807) is 0 Å². The zero-order valence-corrected chi connectivity index (χ0v) is 8.70. The Hall–Kier alpha value is -1.94. The molecule has 0 aliphatic rings. The van der Waals surface area contributed by atoms with E-state index in [4.69, 9.17) is 6.42 Å². The Bertz CT molecular complexity index is 503. The van der Waals surface area contributed by atoms with E-state index in [-0.39, 0.29) is 6.04 Å². The predicted octanol–water partition coefficient (Wildman–Crippen LogP) is 3.27. The first-order valence-corrected chi connectivity index (χ1v) is 5.01. The fourth-order valence-corrected chi connectivity index (χ4v) is 1.63. The third-order valence-corrected chi connectivity index (χ3v) is 2.41. The lowest BCUT2D eigenvalue weighted by Gasteiger charge is -2.11. The van der Waals surface area contributed by atoms with Gasteiger partial charge >= 0.3 is 0 Å². The van der Waals surface area contributed by atoms with Crippen molar-refractivity contribution in [3.05, 3.63) is 42.5 Å². The van der Waals surface area contributed by atoms with Crippen LogP contribution in [-0.2, 0) is 0 Å². The summed E-state index contributed by atoms with van der Waals surface area (Å²) < 4.78 is 0. The first-order chi connectivity index (χ1) is 7.31. The lowest BCUT2D eigenvalue weighted by molar-refractivity contribution is 1.04. The molecular weight excluding hydrogens is 182 g/mol. The number of fused-ring (bicyclic) bond motifs is 1. The van der Waals surface area contributed by atoms with E-state index < -0.39 is 0 Å². The van der Waals surface area contributed by atoms with Gasteiger partial charge in [0.2, 0.25) is 0 Å². The number of benzene rings is 2. The molecular formula is C14H13N. The molecule has 0 spiro atoms. The molecule has 0 saturated heterocycles. The van der Waals surface area contributed by atoms with Crippen molar-refractivity contribution in [2.24, 2.45) is 0 Å². The van der Waals surface area contributed by atoms with Gasteiger partial charge in [-0.15, -0.1) is 6.42 Å². The van der Waals surface area contributed by atoms with Crippen molar-refractivity contribution >= 4 is 16.5 Å². The molecule has 0 bridgehead atoms. The van der Waals surface area contributed by atoms with E-state index in [9.17, 15) is 0 Å². The standard InChI is InChI=1S/C14H13N/c1-3-11(2)15-14-10-6-8-12-7-4-5-9-13(12)14/h1,4-11,15H,2H3. The lowest BCUT2D eigenvalue weighted by atomic mass is 10.1. The van der Waals surface area contributed by atoms with Crippen LogP contribution in [0.5, 0.6) is 0 Å². The second-order valence-electron chi connectivity index (χ2n) is 3.56. The van der Waals surface area contributed by atoms with Crippen LogP contribution >= 0.6 is 0 Å². The highest BCUT2D eigenvalue weighted by Crippen LogP contribution is 2.23. The van der Waals surface area contributed by atoms with Crippen LogP contribution in [0, 0.1) is 12.3 Å². The quantitative estimate of drug-likeness (QED) is 0.725. The average molecular weight is 195 g/mol. The molecule has 0 heterocycles. The van der Waals surface area contributed by atoms with E-state index in [0.29, 0.717) is 0 Å². The van der Waals surface area contributed by atoms with Crippen LogP contribution in [-0.4, -0.2) is 6.04 Å². The number of rotatable bonds is 2. The molecule has 0 amide bonds. The van der Waals surface area contributed by atoms with Crippen molar-refractivity contribution in [1.82, 2.24) is 0 Å². The van der Waals surface area contributed by atoms with Crippen LogP contribution in [0.25, 0.3) is 10.8 Å². The minimum absolute atomic E-state index is 0.0517. The van der Waals surface area contributed by atoms with Gasteiger partial charge in [0, 0.05) is 11.1 Å². The first kappa shape index (κ1) is 9.61. The zero-order chi connectivity index (χ0) is 10.7. The van der Waals surface area contributed by atoms with E-state index in [1.165, 1.54) is 10.8 Å². The van der Waals surface area contributed by atoms with E-state index in [0.717, 1.165) is 5.69 Å². The molecule has 0 radical (unpaired) electrons. The maximum atomic E-state index is 5.35. The Labute approximate surface area is 90.1 Å². The molecule has 1 heteroatoms. The van der Waals surface area contributed by atoms with E-state index in [1.807, 2.05) is 25.1 Å². The van der Waals surface area contributed by atoms with E-state index >= 15 is 0 Å². The van der Waals surface area contributed by atoms with Crippen LogP contribution in [0.1, 0.15) is 6.92 Å². The SMILES string of the molecule is C#CC(C)Nc1cccc2ccccc12. The largest absolute Gasteiger partial charge is 0.371 e. The summed E-state index contributed by atoms with van der Waals surface area (Å²) in [6.07, 6.45) is 5.35. The molecule has 0 aliphatic carbocycles. The minimum atomic E-state index is 0.0517. The first-order valence-electron chi connectivity index (χ1n) is 5.01. The molecule has 1 nitrogen and oxygen atoms in total. The molecule has 15 heavy (non-hydrogen) atoms. The molecule has 2 aromatic rings. The Balaban J connectivity index is 2.48. The molecule has 0 saturated carbocycles. The fraction of sp³-hybridized carbons (Fsp3) is 0.143. The highest BCUT2D eigenvalue weighted by molar-refractivity contribution is 5.93. The third kappa shape index (κ3) is 1.94. The Morgan fingerprint density at radius 1 is 1.13 bits per heavy atom. The maximum absolute atomic E-state index is 5.35. The molecule has 74 valence electrons. The number of anilines is 1. The molecule has 1 atom stereocenters. The topological polar surface area (TPSA) is 12.0 Å². The van der Waals surface area contributed by atoms with Gasteiger partial charge in [0.15, 0.2) is 0 Å². The van der Waals surface area contributed by atoms with Gasteiger partial charge in [0.1, 0.15) is 0 Å². The normalized spacial score (nSPS) is 12.0. The van der Waals surface area contributed by atoms with Gasteiger partial charge in [0.05, 0.1) is 6.04 Å². The Kier molecular flexibility index (Phi) is 2.60. The number of nitrogens with one attached hydrogen (secondary N) is 1. The van der Waals surface area contributed by atoms with Gasteiger partial charge in [-0.05, 0) is 18.4 Å². The summed E-state index contributed by atoms with van der Waals surface area (Å²) in [6, 6.07) is 14.5. The highest BCUT2D eigenvalue weighted by atomic mass is 14.9. The second kappa shape index (κ2) is 4.06. The van der Waals surface area contributed by atoms with Crippen LogP contribution in [0.2, 0.25) is 0 Å². The Morgan fingerprint density at radius 3 is 2.67 bits per heavy atom. The number of hydrogen-bond acceptors (Lipinski definition) is 1. The van der Waals surface area contributed by atoms with Crippen molar-refractivity contribution in [2.45, 2.75) is 13.0 Å². The van der Waals surface area contributed by atoms with Crippen molar-refractivity contribution in [1.29, 1.82) is 0 Å². The summed E-state index contributed by atoms with van der Waals surface area (Å²) in [5, 5.41) is 5.74. The third-order valence-electron chi connectivity index (χ3n) is 2.41.